The Morgan fingerprint density at radius 3 is 2.25 bits per heavy atom. The fourth-order valence-electron chi connectivity index (χ4n) is 3.62. The first kappa shape index (κ1) is 18.8. The number of aromatic nitrogens is 1. The molecule has 0 unspecified atom stereocenters. The van der Waals surface area contributed by atoms with Crippen molar-refractivity contribution in [2.24, 2.45) is 0 Å². The van der Waals surface area contributed by atoms with E-state index < -0.39 is 0 Å². The zero-order chi connectivity index (χ0) is 19.3. The normalized spacial score (nSPS) is 15.0. The summed E-state index contributed by atoms with van der Waals surface area (Å²) in [4.78, 5) is 9.36. The Labute approximate surface area is 171 Å². The van der Waals surface area contributed by atoms with Crippen LogP contribution in [0.1, 0.15) is 5.56 Å². The van der Waals surface area contributed by atoms with Gasteiger partial charge in [-0.2, -0.15) is 0 Å². The molecule has 4 nitrogen and oxygen atoms in total. The second-order valence-corrected chi connectivity index (χ2v) is 7.64. The summed E-state index contributed by atoms with van der Waals surface area (Å²) in [5, 5.41) is 0.792. The van der Waals surface area contributed by atoms with Crippen molar-refractivity contribution in [1.82, 2.24) is 9.88 Å². The van der Waals surface area contributed by atoms with Gasteiger partial charge in [-0.05, 0) is 48.4 Å². The van der Waals surface area contributed by atoms with Crippen molar-refractivity contribution in [3.63, 3.8) is 0 Å². The minimum Gasteiger partial charge on any atom is -0.384 e. The van der Waals surface area contributed by atoms with Gasteiger partial charge >= 0.3 is 0 Å². The van der Waals surface area contributed by atoms with Gasteiger partial charge in [0.2, 0.25) is 0 Å². The summed E-state index contributed by atoms with van der Waals surface area (Å²) in [7, 11) is 0. The quantitative estimate of drug-likeness (QED) is 0.701. The van der Waals surface area contributed by atoms with Gasteiger partial charge in [-0.3, -0.25) is 4.90 Å². The molecule has 4 rings (SSSR count). The first-order valence-electron chi connectivity index (χ1n) is 9.72. The van der Waals surface area contributed by atoms with Crippen LogP contribution in [0.2, 0.25) is 5.02 Å². The number of rotatable bonds is 5. The number of anilines is 2. The molecule has 0 spiro atoms. The van der Waals surface area contributed by atoms with Gasteiger partial charge in [-0.15, -0.1) is 0 Å². The van der Waals surface area contributed by atoms with Crippen molar-refractivity contribution in [2.45, 2.75) is 6.42 Å². The Balaban J connectivity index is 1.28. The van der Waals surface area contributed by atoms with Crippen LogP contribution >= 0.6 is 11.6 Å². The highest BCUT2D eigenvalue weighted by Crippen LogP contribution is 2.21. The van der Waals surface area contributed by atoms with Crippen LogP contribution in [0, 0.1) is 0 Å². The molecule has 1 fully saturated rings. The highest BCUT2D eigenvalue weighted by atomic mass is 35.5. The predicted molar refractivity (Wildman–Crippen MR) is 118 cm³/mol. The summed E-state index contributed by atoms with van der Waals surface area (Å²) in [6.07, 6.45) is 1.06. The second-order valence-electron chi connectivity index (χ2n) is 7.20. The zero-order valence-corrected chi connectivity index (χ0v) is 16.6. The molecule has 2 heterocycles. The molecule has 0 bridgehead atoms. The SMILES string of the molecule is Nc1cccc(-c2ccc(CCN3CCN(c4ccc(Cl)cc4)CC3)cc2)n1. The van der Waals surface area contributed by atoms with Crippen LogP contribution in [0.15, 0.2) is 66.7 Å². The lowest BCUT2D eigenvalue weighted by molar-refractivity contribution is 0.261. The number of hydrogen-bond donors (Lipinski definition) is 1. The lowest BCUT2D eigenvalue weighted by Gasteiger charge is -2.36. The Kier molecular flexibility index (Phi) is 5.79. The Morgan fingerprint density at radius 1 is 0.857 bits per heavy atom. The van der Waals surface area contributed by atoms with Gasteiger partial charge in [0.05, 0.1) is 5.69 Å². The number of benzene rings is 2. The number of halogens is 1. The largest absolute Gasteiger partial charge is 0.384 e. The minimum absolute atomic E-state index is 0.555. The molecular formula is C23H25ClN4. The molecule has 2 aromatic carbocycles. The van der Waals surface area contributed by atoms with E-state index in [9.17, 15) is 0 Å². The molecule has 0 saturated carbocycles. The fraction of sp³-hybridized carbons (Fsp3) is 0.261. The smallest absolute Gasteiger partial charge is 0.124 e. The maximum absolute atomic E-state index is 5.99. The van der Waals surface area contributed by atoms with E-state index in [1.807, 2.05) is 30.3 Å². The summed E-state index contributed by atoms with van der Waals surface area (Å²) in [5.41, 5.74) is 10.4. The van der Waals surface area contributed by atoms with E-state index in [2.05, 4.69) is 51.2 Å². The molecule has 1 saturated heterocycles. The van der Waals surface area contributed by atoms with Crippen LogP contribution < -0.4 is 10.6 Å². The maximum atomic E-state index is 5.99. The number of hydrogen-bond acceptors (Lipinski definition) is 4. The lowest BCUT2D eigenvalue weighted by atomic mass is 10.1. The van der Waals surface area contributed by atoms with E-state index in [4.69, 9.17) is 17.3 Å². The van der Waals surface area contributed by atoms with E-state index in [1.165, 1.54) is 11.3 Å². The number of nitrogens with two attached hydrogens (primary N) is 1. The number of pyridine rings is 1. The Morgan fingerprint density at radius 2 is 1.57 bits per heavy atom. The van der Waals surface area contributed by atoms with Gasteiger partial charge in [-0.25, -0.2) is 4.98 Å². The van der Waals surface area contributed by atoms with E-state index in [-0.39, 0.29) is 0 Å². The molecule has 3 aromatic rings. The lowest BCUT2D eigenvalue weighted by Crippen LogP contribution is -2.46. The van der Waals surface area contributed by atoms with Crippen LogP contribution in [0.25, 0.3) is 11.3 Å². The summed E-state index contributed by atoms with van der Waals surface area (Å²) in [6.45, 7) is 5.38. The molecule has 144 valence electrons. The summed E-state index contributed by atoms with van der Waals surface area (Å²) in [6, 6.07) is 22.5. The average Bonchev–Trinajstić information content (AvgIpc) is 2.74. The van der Waals surface area contributed by atoms with Gasteiger partial charge in [0, 0.05) is 49.0 Å². The number of nitrogen functional groups attached to an aromatic ring is 1. The van der Waals surface area contributed by atoms with Crippen LogP contribution in [-0.2, 0) is 6.42 Å². The molecule has 0 aliphatic carbocycles. The highest BCUT2D eigenvalue weighted by Gasteiger charge is 2.16. The van der Waals surface area contributed by atoms with Crippen molar-refractivity contribution in [1.29, 1.82) is 0 Å². The van der Waals surface area contributed by atoms with E-state index >= 15 is 0 Å². The Bertz CT molecular complexity index is 901. The molecule has 2 N–H and O–H groups in total. The molecule has 28 heavy (non-hydrogen) atoms. The third-order valence-corrected chi connectivity index (χ3v) is 5.55. The van der Waals surface area contributed by atoms with Crippen molar-refractivity contribution >= 4 is 23.1 Å². The van der Waals surface area contributed by atoms with Crippen LogP contribution in [0.5, 0.6) is 0 Å². The summed E-state index contributed by atoms with van der Waals surface area (Å²) in [5.74, 6) is 0.555. The molecule has 1 aliphatic rings. The first-order valence-corrected chi connectivity index (χ1v) is 10.1. The van der Waals surface area contributed by atoms with Gasteiger partial charge in [-0.1, -0.05) is 41.9 Å². The molecule has 1 aliphatic heterocycles. The van der Waals surface area contributed by atoms with Crippen LogP contribution in [0.3, 0.4) is 0 Å². The predicted octanol–water partition coefficient (Wildman–Crippen LogP) is 4.35. The third-order valence-electron chi connectivity index (χ3n) is 5.30. The van der Waals surface area contributed by atoms with Crippen molar-refractivity contribution in [3.05, 3.63) is 77.3 Å². The van der Waals surface area contributed by atoms with E-state index in [1.54, 1.807) is 0 Å². The maximum Gasteiger partial charge on any atom is 0.124 e. The Hall–Kier alpha value is -2.56. The van der Waals surface area contributed by atoms with Gasteiger partial charge < -0.3 is 10.6 Å². The monoisotopic (exact) mass is 392 g/mol. The topological polar surface area (TPSA) is 45.4 Å². The fourth-order valence-corrected chi connectivity index (χ4v) is 3.75. The zero-order valence-electron chi connectivity index (χ0n) is 15.9. The molecule has 1 aromatic heterocycles. The molecule has 0 amide bonds. The standard InChI is InChI=1S/C23H25ClN4/c24-20-8-10-21(11-9-20)28-16-14-27(15-17-28)13-12-18-4-6-19(7-5-18)22-2-1-3-23(25)26-22/h1-11H,12-17H2,(H2,25,26). The minimum atomic E-state index is 0.555. The van der Waals surface area contributed by atoms with E-state index in [0.717, 1.165) is 55.4 Å². The summed E-state index contributed by atoms with van der Waals surface area (Å²) >= 11 is 5.99. The highest BCUT2D eigenvalue weighted by molar-refractivity contribution is 6.30. The first-order chi connectivity index (χ1) is 13.7. The second kappa shape index (κ2) is 8.63. The third kappa shape index (κ3) is 4.64. The summed E-state index contributed by atoms with van der Waals surface area (Å²) < 4.78 is 0. The van der Waals surface area contributed by atoms with Gasteiger partial charge in [0.15, 0.2) is 0 Å². The molecule has 0 atom stereocenters. The molecule has 0 radical (unpaired) electrons. The number of piperazine rings is 1. The number of nitrogens with zero attached hydrogens (tertiary/aromatic N) is 3. The van der Waals surface area contributed by atoms with Crippen molar-refractivity contribution < 1.29 is 0 Å². The van der Waals surface area contributed by atoms with Crippen molar-refractivity contribution in [3.8, 4) is 11.3 Å². The van der Waals surface area contributed by atoms with Gasteiger partial charge in [0.25, 0.3) is 0 Å². The van der Waals surface area contributed by atoms with Gasteiger partial charge in [0.1, 0.15) is 5.82 Å². The van der Waals surface area contributed by atoms with Crippen molar-refractivity contribution in [2.75, 3.05) is 43.4 Å². The van der Waals surface area contributed by atoms with E-state index in [0.29, 0.717) is 5.82 Å². The van der Waals surface area contributed by atoms with Crippen LogP contribution in [-0.4, -0.2) is 42.6 Å². The average molecular weight is 393 g/mol. The van der Waals surface area contributed by atoms with Crippen LogP contribution in [0.4, 0.5) is 11.5 Å². The molecular weight excluding hydrogens is 368 g/mol. The molecule has 5 heteroatoms.